The maximum absolute atomic E-state index is 12.2. The van der Waals surface area contributed by atoms with E-state index in [1.807, 2.05) is 0 Å². The maximum Gasteiger partial charge on any atom is 0.223 e. The fourth-order valence-corrected chi connectivity index (χ4v) is 2.94. The first-order valence-corrected chi connectivity index (χ1v) is 8.61. The smallest absolute Gasteiger partial charge is 0.223 e. The lowest BCUT2D eigenvalue weighted by Gasteiger charge is -2.36. The van der Waals surface area contributed by atoms with Gasteiger partial charge >= 0.3 is 0 Å². The van der Waals surface area contributed by atoms with Crippen molar-refractivity contribution in [3.05, 3.63) is 0 Å². The van der Waals surface area contributed by atoms with Gasteiger partial charge in [-0.05, 0) is 42.4 Å². The molecule has 2 nitrogen and oxygen atoms in total. The number of nitrogens with one attached hydrogen (secondary N) is 1. The predicted molar refractivity (Wildman–Crippen MR) is 85.5 cm³/mol. The zero-order valence-corrected chi connectivity index (χ0v) is 14.8. The van der Waals surface area contributed by atoms with Crippen LogP contribution in [0.2, 0.25) is 0 Å². The quantitative estimate of drug-likeness (QED) is 0.761. The van der Waals surface area contributed by atoms with Crippen LogP contribution in [0.1, 0.15) is 60.3 Å². The lowest BCUT2D eigenvalue weighted by atomic mass is 9.69. The fraction of sp³-hybridized carbons (Fsp3) is 0.938. The van der Waals surface area contributed by atoms with Gasteiger partial charge in [-0.3, -0.25) is 4.79 Å². The highest BCUT2D eigenvalue weighted by atomic mass is 79.9. The molecule has 1 aliphatic rings. The number of carbonyl (C=O) groups excluding carboxylic acids is 1. The number of amides is 1. The van der Waals surface area contributed by atoms with E-state index in [1.54, 1.807) is 0 Å². The first kappa shape index (κ1) is 17.0. The van der Waals surface area contributed by atoms with Crippen LogP contribution in [-0.4, -0.2) is 17.8 Å². The molecule has 1 rings (SSSR count). The highest BCUT2D eigenvalue weighted by Crippen LogP contribution is 2.39. The Morgan fingerprint density at radius 1 is 1.11 bits per heavy atom. The number of halogens is 1. The van der Waals surface area contributed by atoms with Gasteiger partial charge in [-0.2, -0.15) is 0 Å². The minimum Gasteiger partial charge on any atom is -0.355 e. The highest BCUT2D eigenvalue weighted by Gasteiger charge is 2.32. The van der Waals surface area contributed by atoms with Crippen LogP contribution in [0.25, 0.3) is 0 Å². The maximum atomic E-state index is 12.2. The first-order valence-electron chi connectivity index (χ1n) is 7.49. The lowest BCUT2D eigenvalue weighted by molar-refractivity contribution is -0.126. The summed E-state index contributed by atoms with van der Waals surface area (Å²) < 4.78 is 0. The molecule has 0 aliphatic heterocycles. The van der Waals surface area contributed by atoms with Gasteiger partial charge in [0, 0.05) is 17.8 Å². The first-order chi connectivity index (χ1) is 8.65. The largest absolute Gasteiger partial charge is 0.355 e. The minimum absolute atomic E-state index is 0.137. The van der Waals surface area contributed by atoms with Crippen LogP contribution in [0.3, 0.4) is 0 Å². The molecule has 3 heteroatoms. The van der Waals surface area contributed by atoms with Gasteiger partial charge in [-0.15, -0.1) is 0 Å². The molecule has 1 fully saturated rings. The summed E-state index contributed by atoms with van der Waals surface area (Å²) in [5, 5.41) is 4.04. The molecule has 0 unspecified atom stereocenters. The van der Waals surface area contributed by atoms with Crippen molar-refractivity contribution in [1.82, 2.24) is 5.32 Å². The van der Waals surface area contributed by atoms with Gasteiger partial charge in [0.25, 0.3) is 0 Å². The molecule has 1 saturated carbocycles. The van der Waals surface area contributed by atoms with Crippen LogP contribution in [0.4, 0.5) is 0 Å². The molecule has 1 N–H and O–H groups in total. The van der Waals surface area contributed by atoms with Crippen LogP contribution in [0.5, 0.6) is 0 Å². The van der Waals surface area contributed by atoms with Crippen molar-refractivity contribution in [3.8, 4) is 0 Å². The van der Waals surface area contributed by atoms with Crippen molar-refractivity contribution in [2.24, 2.45) is 22.7 Å². The van der Waals surface area contributed by atoms with Crippen LogP contribution in [0.15, 0.2) is 0 Å². The van der Waals surface area contributed by atoms with Gasteiger partial charge in [0.05, 0.1) is 0 Å². The van der Waals surface area contributed by atoms with Gasteiger partial charge in [0.1, 0.15) is 0 Å². The minimum atomic E-state index is 0.137. The molecule has 0 spiro atoms. The molecular weight excluding hydrogens is 302 g/mol. The standard InChI is InChI=1S/C16H30BrNO/c1-15(2,3)13-8-6-12(7-9-13)14(19)18-11-16(4,5)10-17/h12-13H,6-11H2,1-5H3,(H,18,19). The summed E-state index contributed by atoms with van der Waals surface area (Å²) in [5.41, 5.74) is 0.525. The molecule has 19 heavy (non-hydrogen) atoms. The highest BCUT2D eigenvalue weighted by molar-refractivity contribution is 9.09. The summed E-state index contributed by atoms with van der Waals surface area (Å²) >= 11 is 3.50. The average Bonchev–Trinajstić information content (AvgIpc) is 2.35. The topological polar surface area (TPSA) is 29.1 Å². The van der Waals surface area contributed by atoms with E-state index in [4.69, 9.17) is 0 Å². The van der Waals surface area contributed by atoms with Crippen molar-refractivity contribution in [3.63, 3.8) is 0 Å². The summed E-state index contributed by atoms with van der Waals surface area (Å²) in [6.07, 6.45) is 4.51. The van der Waals surface area contributed by atoms with E-state index in [1.165, 1.54) is 12.8 Å². The lowest BCUT2D eigenvalue weighted by Crippen LogP contribution is -2.40. The summed E-state index contributed by atoms with van der Waals surface area (Å²) in [5.74, 6) is 1.28. The molecule has 0 heterocycles. The Kier molecular flexibility index (Phi) is 5.91. The molecule has 1 aliphatic carbocycles. The third-order valence-electron chi connectivity index (χ3n) is 4.43. The third kappa shape index (κ3) is 5.45. The van der Waals surface area contributed by atoms with Gasteiger partial charge in [-0.1, -0.05) is 50.5 Å². The number of rotatable bonds is 4. The second-order valence-electron chi connectivity index (χ2n) is 7.93. The Morgan fingerprint density at radius 3 is 2.05 bits per heavy atom. The SMILES string of the molecule is CC(C)(CBr)CNC(=O)C1CCC(C(C)(C)C)CC1. The molecule has 0 aromatic carbocycles. The van der Waals surface area contributed by atoms with E-state index in [0.717, 1.165) is 30.6 Å². The number of hydrogen-bond acceptors (Lipinski definition) is 1. The van der Waals surface area contributed by atoms with Crippen molar-refractivity contribution in [1.29, 1.82) is 0 Å². The Labute approximate surface area is 127 Å². The van der Waals surface area contributed by atoms with E-state index >= 15 is 0 Å². The van der Waals surface area contributed by atoms with E-state index in [9.17, 15) is 4.79 Å². The van der Waals surface area contributed by atoms with Crippen molar-refractivity contribution < 1.29 is 4.79 Å². The van der Waals surface area contributed by atoms with Crippen LogP contribution in [-0.2, 0) is 4.79 Å². The van der Waals surface area contributed by atoms with Crippen molar-refractivity contribution in [2.45, 2.75) is 60.3 Å². The zero-order chi connectivity index (χ0) is 14.7. The molecule has 0 saturated heterocycles. The number of hydrogen-bond donors (Lipinski definition) is 1. The van der Waals surface area contributed by atoms with Gasteiger partial charge in [0.15, 0.2) is 0 Å². The van der Waals surface area contributed by atoms with E-state index in [-0.39, 0.29) is 17.2 Å². The Morgan fingerprint density at radius 2 is 1.63 bits per heavy atom. The number of carbonyl (C=O) groups is 1. The van der Waals surface area contributed by atoms with Gasteiger partial charge in [0.2, 0.25) is 5.91 Å². The Hall–Kier alpha value is -0.0500. The van der Waals surface area contributed by atoms with Crippen LogP contribution < -0.4 is 5.32 Å². The summed E-state index contributed by atoms with van der Waals surface area (Å²) in [4.78, 5) is 12.2. The van der Waals surface area contributed by atoms with Crippen LogP contribution in [0, 0.1) is 22.7 Å². The Bertz CT molecular complexity index is 298. The zero-order valence-electron chi connectivity index (χ0n) is 13.2. The second-order valence-corrected chi connectivity index (χ2v) is 8.49. The molecule has 0 radical (unpaired) electrons. The molecule has 0 aromatic heterocycles. The summed E-state index contributed by atoms with van der Waals surface area (Å²) in [6.45, 7) is 12.0. The fourth-order valence-electron chi connectivity index (χ4n) is 2.74. The van der Waals surface area contributed by atoms with E-state index in [2.05, 4.69) is 55.9 Å². The van der Waals surface area contributed by atoms with E-state index in [0.29, 0.717) is 5.41 Å². The van der Waals surface area contributed by atoms with Crippen molar-refractivity contribution >= 4 is 21.8 Å². The van der Waals surface area contributed by atoms with Crippen molar-refractivity contribution in [2.75, 3.05) is 11.9 Å². The monoisotopic (exact) mass is 331 g/mol. The number of alkyl halides is 1. The molecule has 0 aromatic rings. The average molecular weight is 332 g/mol. The molecular formula is C16H30BrNO. The van der Waals surface area contributed by atoms with Crippen LogP contribution >= 0.6 is 15.9 Å². The Balaban J connectivity index is 2.37. The van der Waals surface area contributed by atoms with Gasteiger partial charge < -0.3 is 5.32 Å². The molecule has 0 atom stereocenters. The second kappa shape index (κ2) is 6.60. The summed E-state index contributed by atoms with van der Waals surface area (Å²) in [7, 11) is 0. The molecule has 1 amide bonds. The van der Waals surface area contributed by atoms with Gasteiger partial charge in [-0.25, -0.2) is 0 Å². The normalized spacial score (nSPS) is 25.2. The third-order valence-corrected chi connectivity index (χ3v) is 5.94. The summed E-state index contributed by atoms with van der Waals surface area (Å²) in [6, 6.07) is 0. The molecule has 112 valence electrons. The predicted octanol–water partition coefficient (Wildman–Crippen LogP) is 4.38. The molecule has 0 bridgehead atoms. The van der Waals surface area contributed by atoms with E-state index < -0.39 is 0 Å².